The number of amides is 1. The van der Waals surface area contributed by atoms with Gasteiger partial charge in [-0.05, 0) is 24.3 Å². The SMILES string of the molecule is O=C(CSc1nc(-c2ccc(Br)cc2)cs1)Nc1nc(-c2ccc([N+](=O)[O-])cc2)cs1. The van der Waals surface area contributed by atoms with Gasteiger partial charge in [0.05, 0.1) is 22.1 Å². The van der Waals surface area contributed by atoms with Crippen molar-refractivity contribution >= 4 is 67.1 Å². The van der Waals surface area contributed by atoms with Gasteiger partial charge in [0, 0.05) is 38.5 Å². The summed E-state index contributed by atoms with van der Waals surface area (Å²) in [7, 11) is 0. The number of anilines is 1. The zero-order valence-electron chi connectivity index (χ0n) is 15.6. The monoisotopic (exact) mass is 532 g/mol. The molecular formula is C20H13BrN4O3S3. The molecule has 0 radical (unpaired) electrons. The molecule has 0 atom stereocenters. The number of hydrogen-bond acceptors (Lipinski definition) is 8. The van der Waals surface area contributed by atoms with Crippen LogP contribution in [0.4, 0.5) is 10.8 Å². The third kappa shape index (κ3) is 5.56. The van der Waals surface area contributed by atoms with E-state index in [1.165, 1.54) is 46.6 Å². The zero-order valence-corrected chi connectivity index (χ0v) is 19.7. The van der Waals surface area contributed by atoms with Crippen LogP contribution < -0.4 is 5.32 Å². The molecule has 0 saturated carbocycles. The van der Waals surface area contributed by atoms with Crippen molar-refractivity contribution in [2.24, 2.45) is 0 Å². The molecule has 0 spiro atoms. The van der Waals surface area contributed by atoms with Crippen LogP contribution in [0.2, 0.25) is 0 Å². The Morgan fingerprint density at radius 2 is 1.61 bits per heavy atom. The van der Waals surface area contributed by atoms with Crippen LogP contribution in [-0.2, 0) is 4.79 Å². The fourth-order valence-electron chi connectivity index (χ4n) is 2.58. The number of nitro groups is 1. The lowest BCUT2D eigenvalue weighted by atomic mass is 10.1. The molecule has 2 aromatic heterocycles. The Morgan fingerprint density at radius 1 is 1.00 bits per heavy atom. The lowest BCUT2D eigenvalue weighted by molar-refractivity contribution is -0.384. The number of thiazole rings is 2. The highest BCUT2D eigenvalue weighted by Gasteiger charge is 2.12. The van der Waals surface area contributed by atoms with Crippen LogP contribution in [0.5, 0.6) is 0 Å². The van der Waals surface area contributed by atoms with E-state index in [0.717, 1.165) is 25.6 Å². The predicted octanol–water partition coefficient (Wildman–Crippen LogP) is 6.34. The molecular weight excluding hydrogens is 520 g/mol. The maximum atomic E-state index is 12.3. The predicted molar refractivity (Wildman–Crippen MR) is 129 cm³/mol. The Kier molecular flexibility index (Phi) is 6.76. The number of nitrogens with one attached hydrogen (secondary N) is 1. The second-order valence-electron chi connectivity index (χ2n) is 6.18. The topological polar surface area (TPSA) is 98.0 Å². The van der Waals surface area contributed by atoms with Crippen molar-refractivity contribution in [1.29, 1.82) is 0 Å². The Balaban J connectivity index is 1.32. The molecule has 0 unspecified atom stereocenters. The summed E-state index contributed by atoms with van der Waals surface area (Å²) in [6, 6.07) is 14.1. The van der Waals surface area contributed by atoms with Gasteiger partial charge in [0.2, 0.25) is 5.91 Å². The molecule has 0 fully saturated rings. The van der Waals surface area contributed by atoms with Crippen LogP contribution in [0.3, 0.4) is 0 Å². The van der Waals surface area contributed by atoms with Crippen molar-refractivity contribution in [2.75, 3.05) is 11.1 Å². The molecule has 0 aliphatic carbocycles. The van der Waals surface area contributed by atoms with Crippen LogP contribution in [0.1, 0.15) is 0 Å². The van der Waals surface area contributed by atoms with E-state index in [1.807, 2.05) is 29.6 Å². The third-order valence-corrected chi connectivity index (χ3v) is 7.38. The normalized spacial score (nSPS) is 10.7. The largest absolute Gasteiger partial charge is 0.301 e. The van der Waals surface area contributed by atoms with Gasteiger partial charge in [0.25, 0.3) is 5.69 Å². The summed E-state index contributed by atoms with van der Waals surface area (Å²) < 4.78 is 1.83. The number of non-ortho nitro benzene ring substituents is 1. The molecule has 1 amide bonds. The number of benzene rings is 2. The zero-order chi connectivity index (χ0) is 21.8. The van der Waals surface area contributed by atoms with Crippen molar-refractivity contribution in [3.05, 3.63) is 73.9 Å². The molecule has 11 heteroatoms. The molecule has 2 heterocycles. The van der Waals surface area contributed by atoms with Gasteiger partial charge in [-0.3, -0.25) is 14.9 Å². The van der Waals surface area contributed by atoms with E-state index in [4.69, 9.17) is 0 Å². The van der Waals surface area contributed by atoms with Crippen molar-refractivity contribution < 1.29 is 9.72 Å². The summed E-state index contributed by atoms with van der Waals surface area (Å²) in [6.45, 7) is 0. The lowest BCUT2D eigenvalue weighted by Crippen LogP contribution is -2.13. The smallest absolute Gasteiger partial charge is 0.269 e. The summed E-state index contributed by atoms with van der Waals surface area (Å²) in [5, 5.41) is 17.8. The molecule has 0 bridgehead atoms. The van der Waals surface area contributed by atoms with Gasteiger partial charge in [-0.25, -0.2) is 9.97 Å². The van der Waals surface area contributed by atoms with Gasteiger partial charge in [0.1, 0.15) is 0 Å². The summed E-state index contributed by atoms with van der Waals surface area (Å²) >= 11 is 7.60. The van der Waals surface area contributed by atoms with Crippen LogP contribution in [0.15, 0.2) is 68.1 Å². The quantitative estimate of drug-likeness (QED) is 0.169. The van der Waals surface area contributed by atoms with Gasteiger partial charge >= 0.3 is 0 Å². The van der Waals surface area contributed by atoms with Gasteiger partial charge < -0.3 is 5.32 Å². The maximum absolute atomic E-state index is 12.3. The number of hydrogen-bond donors (Lipinski definition) is 1. The Bertz CT molecular complexity index is 1220. The second kappa shape index (κ2) is 9.69. The number of carbonyl (C=O) groups excluding carboxylic acids is 1. The molecule has 0 aliphatic rings. The van der Waals surface area contributed by atoms with E-state index in [0.29, 0.717) is 10.8 Å². The van der Waals surface area contributed by atoms with Crippen LogP contribution in [0.25, 0.3) is 22.5 Å². The number of aromatic nitrogens is 2. The van der Waals surface area contributed by atoms with E-state index < -0.39 is 4.92 Å². The molecule has 7 nitrogen and oxygen atoms in total. The number of thioether (sulfide) groups is 1. The van der Waals surface area contributed by atoms with E-state index in [9.17, 15) is 14.9 Å². The van der Waals surface area contributed by atoms with Crippen molar-refractivity contribution in [2.45, 2.75) is 4.34 Å². The molecule has 2 aromatic carbocycles. The highest BCUT2D eigenvalue weighted by atomic mass is 79.9. The molecule has 1 N–H and O–H groups in total. The molecule has 156 valence electrons. The van der Waals surface area contributed by atoms with Gasteiger partial charge in [-0.15, -0.1) is 22.7 Å². The lowest BCUT2D eigenvalue weighted by Gasteiger charge is -2.00. The fraction of sp³-hybridized carbons (Fsp3) is 0.0500. The summed E-state index contributed by atoms with van der Waals surface area (Å²) in [6.07, 6.45) is 0. The second-order valence-corrected chi connectivity index (χ2v) is 10.0. The number of halogens is 1. The number of nitrogens with zero attached hydrogens (tertiary/aromatic N) is 3. The maximum Gasteiger partial charge on any atom is 0.269 e. The molecule has 31 heavy (non-hydrogen) atoms. The number of nitro benzene ring substituents is 1. The molecule has 0 saturated heterocycles. The minimum Gasteiger partial charge on any atom is -0.301 e. The fourth-order valence-corrected chi connectivity index (χ4v) is 5.21. The summed E-state index contributed by atoms with van der Waals surface area (Å²) in [5.74, 6) is 0.0507. The molecule has 4 rings (SSSR count). The first-order chi connectivity index (χ1) is 15.0. The first-order valence-electron chi connectivity index (χ1n) is 8.82. The first kappa shape index (κ1) is 21.6. The van der Waals surface area contributed by atoms with Crippen molar-refractivity contribution in [1.82, 2.24) is 9.97 Å². The minimum absolute atomic E-state index is 0.0232. The highest BCUT2D eigenvalue weighted by Crippen LogP contribution is 2.30. The number of rotatable bonds is 7. The van der Waals surface area contributed by atoms with Crippen molar-refractivity contribution in [3.63, 3.8) is 0 Å². The minimum atomic E-state index is -0.446. The van der Waals surface area contributed by atoms with E-state index in [1.54, 1.807) is 17.5 Å². The third-order valence-electron chi connectivity index (χ3n) is 4.07. The summed E-state index contributed by atoms with van der Waals surface area (Å²) in [4.78, 5) is 31.6. The Morgan fingerprint density at radius 3 is 2.29 bits per heavy atom. The molecule has 0 aliphatic heterocycles. The summed E-state index contributed by atoms with van der Waals surface area (Å²) in [5.41, 5.74) is 3.34. The highest BCUT2D eigenvalue weighted by molar-refractivity contribution is 9.10. The van der Waals surface area contributed by atoms with Gasteiger partial charge in [-0.2, -0.15) is 0 Å². The Labute approximate surface area is 197 Å². The van der Waals surface area contributed by atoms with Crippen LogP contribution >= 0.6 is 50.4 Å². The van der Waals surface area contributed by atoms with E-state index >= 15 is 0 Å². The number of carbonyl (C=O) groups is 1. The Hall–Kier alpha value is -2.60. The van der Waals surface area contributed by atoms with Gasteiger partial charge in [-0.1, -0.05) is 39.8 Å². The van der Waals surface area contributed by atoms with Crippen LogP contribution in [0, 0.1) is 10.1 Å². The van der Waals surface area contributed by atoms with E-state index in [2.05, 4.69) is 31.2 Å². The van der Waals surface area contributed by atoms with Crippen molar-refractivity contribution in [3.8, 4) is 22.5 Å². The van der Waals surface area contributed by atoms with Crippen LogP contribution in [-0.4, -0.2) is 26.6 Å². The average molecular weight is 533 g/mol. The van der Waals surface area contributed by atoms with Gasteiger partial charge in [0.15, 0.2) is 9.47 Å². The first-order valence-corrected chi connectivity index (χ1v) is 12.4. The average Bonchev–Trinajstić information content (AvgIpc) is 3.43. The van der Waals surface area contributed by atoms with E-state index in [-0.39, 0.29) is 17.3 Å². The molecule has 4 aromatic rings. The standard InChI is InChI=1S/C20H13BrN4O3S3/c21-14-5-1-12(2-6-14)17-10-30-20(23-17)31-11-18(26)24-19-22-16(9-29-19)13-3-7-15(8-4-13)25(27)28/h1-10H,11H2,(H,22,24,26).